The van der Waals surface area contributed by atoms with Gasteiger partial charge in [0.25, 0.3) is 0 Å². The lowest BCUT2D eigenvalue weighted by Crippen LogP contribution is -2.42. The van der Waals surface area contributed by atoms with Crippen molar-refractivity contribution in [3.8, 4) is 0 Å². The van der Waals surface area contributed by atoms with Crippen LogP contribution in [0.25, 0.3) is 0 Å². The molecule has 160 valence electrons. The third-order valence-electron chi connectivity index (χ3n) is 4.48. The average Bonchev–Trinajstić information content (AvgIpc) is 2.66. The van der Waals surface area contributed by atoms with Crippen LogP contribution in [0.3, 0.4) is 0 Å². The fourth-order valence-corrected chi connectivity index (χ4v) is 3.81. The van der Waals surface area contributed by atoms with E-state index in [2.05, 4.69) is 33.3 Å². The number of aryl methyl sites for hydroxylation is 1. The highest BCUT2D eigenvalue weighted by atomic mass is 127. The molecule has 1 aromatic rings. The van der Waals surface area contributed by atoms with Crippen molar-refractivity contribution in [2.45, 2.75) is 45.8 Å². The van der Waals surface area contributed by atoms with Crippen molar-refractivity contribution >= 4 is 40.0 Å². The topological polar surface area (TPSA) is 91.8 Å². The van der Waals surface area contributed by atoms with E-state index in [9.17, 15) is 8.42 Å². The zero-order valence-corrected chi connectivity index (χ0v) is 19.9. The standard InChI is InChI=1S/C19H32N4O3S.HI/c1-3-20-19(22-14-17-9-5-4-8-16(17)2)21-11-13-27(24,25)23-15-18-10-6-7-12-26-18;/h4-5,8-9,18,23H,3,6-7,10-15H2,1-2H3,(H2,20,21,22);1H. The van der Waals surface area contributed by atoms with Gasteiger partial charge in [0.05, 0.1) is 18.4 Å². The van der Waals surface area contributed by atoms with Crippen LogP contribution in [0.4, 0.5) is 0 Å². The first-order valence-corrected chi connectivity index (χ1v) is 11.3. The summed E-state index contributed by atoms with van der Waals surface area (Å²) in [5.41, 5.74) is 2.34. The predicted octanol–water partition coefficient (Wildman–Crippen LogP) is 2.16. The highest BCUT2D eigenvalue weighted by Gasteiger charge is 2.17. The first-order valence-electron chi connectivity index (χ1n) is 9.66. The minimum Gasteiger partial charge on any atom is -0.377 e. The second-order valence-corrected chi connectivity index (χ2v) is 8.63. The van der Waals surface area contributed by atoms with Crippen molar-refractivity contribution in [3.05, 3.63) is 35.4 Å². The van der Waals surface area contributed by atoms with Crippen LogP contribution in [0.1, 0.15) is 37.3 Å². The molecule has 1 aliphatic rings. The third kappa shape index (κ3) is 9.53. The number of guanidine groups is 1. The van der Waals surface area contributed by atoms with Gasteiger partial charge in [0.2, 0.25) is 10.0 Å². The van der Waals surface area contributed by atoms with Crippen molar-refractivity contribution in [1.82, 2.24) is 15.4 Å². The molecular formula is C19H33IN4O3S. The van der Waals surface area contributed by atoms with Crippen molar-refractivity contribution in [2.24, 2.45) is 4.99 Å². The SMILES string of the molecule is CCNC(=NCc1ccccc1C)NCCS(=O)(=O)NCC1CCCCO1.I. The number of nitrogens with one attached hydrogen (secondary N) is 3. The maximum atomic E-state index is 12.2. The van der Waals surface area contributed by atoms with Crippen LogP contribution in [-0.4, -0.2) is 52.5 Å². The van der Waals surface area contributed by atoms with E-state index in [1.54, 1.807) is 0 Å². The fraction of sp³-hybridized carbons (Fsp3) is 0.632. The number of aliphatic imine (C=N–C) groups is 1. The quantitative estimate of drug-likeness (QED) is 0.262. The molecule has 0 spiro atoms. The molecule has 28 heavy (non-hydrogen) atoms. The summed E-state index contributed by atoms with van der Waals surface area (Å²) in [4.78, 5) is 4.54. The van der Waals surface area contributed by atoms with E-state index in [1.807, 2.05) is 25.1 Å². The predicted molar refractivity (Wildman–Crippen MR) is 125 cm³/mol. The Morgan fingerprint density at radius 2 is 2.04 bits per heavy atom. The Balaban J connectivity index is 0.00000392. The molecule has 0 aromatic heterocycles. The van der Waals surface area contributed by atoms with E-state index < -0.39 is 10.0 Å². The van der Waals surface area contributed by atoms with Gasteiger partial charge < -0.3 is 15.4 Å². The van der Waals surface area contributed by atoms with Crippen molar-refractivity contribution in [3.63, 3.8) is 0 Å². The molecule has 1 fully saturated rings. The van der Waals surface area contributed by atoms with Crippen molar-refractivity contribution in [2.75, 3.05) is 32.0 Å². The van der Waals surface area contributed by atoms with Crippen LogP contribution in [0.5, 0.6) is 0 Å². The lowest BCUT2D eigenvalue weighted by Gasteiger charge is -2.22. The van der Waals surface area contributed by atoms with E-state index in [-0.39, 0.29) is 35.8 Å². The summed E-state index contributed by atoms with van der Waals surface area (Å²) < 4.78 is 32.5. The third-order valence-corrected chi connectivity index (χ3v) is 5.83. The largest absolute Gasteiger partial charge is 0.377 e. The lowest BCUT2D eigenvalue weighted by molar-refractivity contribution is 0.0200. The molecule has 1 aliphatic heterocycles. The highest BCUT2D eigenvalue weighted by molar-refractivity contribution is 14.0. The normalized spacial score (nSPS) is 17.6. The molecule has 1 heterocycles. The van der Waals surface area contributed by atoms with Crippen LogP contribution in [0.2, 0.25) is 0 Å². The number of rotatable bonds is 9. The second kappa shape index (κ2) is 13.3. The van der Waals surface area contributed by atoms with Crippen LogP contribution in [0, 0.1) is 6.92 Å². The molecule has 0 radical (unpaired) electrons. The first-order chi connectivity index (χ1) is 13.0. The number of halogens is 1. The number of hydrogen-bond donors (Lipinski definition) is 3. The molecule has 0 amide bonds. The van der Waals surface area contributed by atoms with Gasteiger partial charge in [0.15, 0.2) is 5.96 Å². The van der Waals surface area contributed by atoms with Gasteiger partial charge >= 0.3 is 0 Å². The Labute approximate surface area is 186 Å². The zero-order chi connectivity index (χ0) is 19.5. The van der Waals surface area contributed by atoms with Crippen LogP contribution in [-0.2, 0) is 21.3 Å². The minimum atomic E-state index is -3.34. The summed E-state index contributed by atoms with van der Waals surface area (Å²) in [5, 5.41) is 6.24. The molecule has 1 unspecified atom stereocenters. The molecule has 0 bridgehead atoms. The van der Waals surface area contributed by atoms with Gasteiger partial charge in [0.1, 0.15) is 0 Å². The van der Waals surface area contributed by atoms with E-state index in [4.69, 9.17) is 4.74 Å². The number of sulfonamides is 1. The van der Waals surface area contributed by atoms with E-state index in [1.165, 1.54) is 5.56 Å². The Morgan fingerprint density at radius 3 is 2.71 bits per heavy atom. The summed E-state index contributed by atoms with van der Waals surface area (Å²) in [6.45, 7) is 6.66. The van der Waals surface area contributed by atoms with Crippen molar-refractivity contribution < 1.29 is 13.2 Å². The molecular weight excluding hydrogens is 491 g/mol. The van der Waals surface area contributed by atoms with Gasteiger partial charge in [-0.15, -0.1) is 24.0 Å². The molecule has 2 rings (SSSR count). The monoisotopic (exact) mass is 524 g/mol. The number of ether oxygens (including phenoxy) is 1. The van der Waals surface area contributed by atoms with Gasteiger partial charge in [-0.3, -0.25) is 0 Å². The number of benzene rings is 1. The Kier molecular flexibility index (Phi) is 12.0. The lowest BCUT2D eigenvalue weighted by atomic mass is 10.1. The Bertz CT molecular complexity index is 707. The van der Waals surface area contributed by atoms with E-state index in [0.29, 0.717) is 32.1 Å². The summed E-state index contributed by atoms with van der Waals surface area (Å²) >= 11 is 0. The summed E-state index contributed by atoms with van der Waals surface area (Å²) in [7, 11) is -3.34. The Morgan fingerprint density at radius 1 is 1.25 bits per heavy atom. The molecule has 0 saturated carbocycles. The van der Waals surface area contributed by atoms with Gasteiger partial charge in [0, 0.05) is 26.2 Å². The highest BCUT2D eigenvalue weighted by Crippen LogP contribution is 2.11. The van der Waals surface area contributed by atoms with Crippen LogP contribution < -0.4 is 15.4 Å². The molecule has 1 saturated heterocycles. The zero-order valence-electron chi connectivity index (χ0n) is 16.7. The smallest absolute Gasteiger partial charge is 0.213 e. The van der Waals surface area contributed by atoms with Gasteiger partial charge in [-0.2, -0.15) is 0 Å². The Hall–Kier alpha value is -0.910. The van der Waals surface area contributed by atoms with Gasteiger partial charge in [-0.25, -0.2) is 18.1 Å². The van der Waals surface area contributed by atoms with Crippen molar-refractivity contribution in [1.29, 1.82) is 0 Å². The van der Waals surface area contributed by atoms with Gasteiger partial charge in [-0.1, -0.05) is 24.3 Å². The molecule has 7 nitrogen and oxygen atoms in total. The summed E-state index contributed by atoms with van der Waals surface area (Å²) in [5.74, 6) is 0.612. The minimum absolute atomic E-state index is 0. The number of nitrogens with zero attached hydrogens (tertiary/aromatic N) is 1. The maximum absolute atomic E-state index is 12.2. The van der Waals surface area contributed by atoms with Gasteiger partial charge in [-0.05, 0) is 44.2 Å². The fourth-order valence-electron chi connectivity index (χ4n) is 2.86. The molecule has 9 heteroatoms. The number of hydrogen-bond acceptors (Lipinski definition) is 4. The summed E-state index contributed by atoms with van der Waals surface area (Å²) in [6, 6.07) is 8.10. The molecule has 0 aliphatic carbocycles. The second-order valence-electron chi connectivity index (χ2n) is 6.70. The van der Waals surface area contributed by atoms with E-state index in [0.717, 1.165) is 31.4 Å². The first kappa shape index (κ1) is 25.1. The summed E-state index contributed by atoms with van der Waals surface area (Å²) in [6.07, 6.45) is 3.06. The van der Waals surface area contributed by atoms with Crippen LogP contribution in [0.15, 0.2) is 29.3 Å². The van der Waals surface area contributed by atoms with Crippen LogP contribution >= 0.6 is 24.0 Å². The molecule has 3 N–H and O–H groups in total. The molecule has 1 aromatic carbocycles. The molecule has 1 atom stereocenters. The average molecular weight is 524 g/mol. The maximum Gasteiger partial charge on any atom is 0.213 e. The van der Waals surface area contributed by atoms with E-state index >= 15 is 0 Å².